The van der Waals surface area contributed by atoms with Gasteiger partial charge in [0.15, 0.2) is 0 Å². The van der Waals surface area contributed by atoms with Gasteiger partial charge >= 0.3 is 0 Å². The maximum Gasteiger partial charge on any atom is 0.148 e. The normalized spacial score (nSPS) is 15.7. The zero-order valence-electron chi connectivity index (χ0n) is 20.6. The van der Waals surface area contributed by atoms with Gasteiger partial charge in [0.25, 0.3) is 0 Å². The van der Waals surface area contributed by atoms with Crippen LogP contribution in [0.15, 0.2) is 115 Å². The molecule has 180 valence electrons. The first-order chi connectivity index (χ1) is 18.3. The molecule has 2 heteroatoms. The monoisotopic (exact) mass is 480 g/mol. The van der Waals surface area contributed by atoms with E-state index in [1.165, 1.54) is 27.8 Å². The summed E-state index contributed by atoms with van der Waals surface area (Å²) in [4.78, 5) is 0. The molecule has 4 aromatic rings. The smallest absolute Gasteiger partial charge is 0.148 e. The maximum atomic E-state index is 5.67. The molecule has 0 aromatic heterocycles. The fraction of sp³-hybridized carbons (Fsp3) is 0.143. The highest BCUT2D eigenvalue weighted by molar-refractivity contribution is 5.79. The van der Waals surface area contributed by atoms with Crippen LogP contribution in [-0.4, -0.2) is 13.2 Å². The van der Waals surface area contributed by atoms with Crippen LogP contribution < -0.4 is 9.47 Å². The quantitative estimate of drug-likeness (QED) is 0.247. The Morgan fingerprint density at radius 2 is 1.14 bits per heavy atom. The summed E-state index contributed by atoms with van der Waals surface area (Å²) >= 11 is 0. The summed E-state index contributed by atoms with van der Waals surface area (Å²) in [7, 11) is 0. The SMILES string of the molecule is C#CCOc1ccc(C2=CCC(c3ccccc3)(c3ccccc3)C2c2ccc(OCC#C)cc2)cc1. The first-order valence-corrected chi connectivity index (χ1v) is 12.4. The summed E-state index contributed by atoms with van der Waals surface area (Å²) in [5, 5.41) is 0. The topological polar surface area (TPSA) is 18.5 Å². The summed E-state index contributed by atoms with van der Waals surface area (Å²) in [5.41, 5.74) is 5.99. The van der Waals surface area contributed by atoms with E-state index in [9.17, 15) is 0 Å². The average Bonchev–Trinajstić information content (AvgIpc) is 3.38. The number of hydrogen-bond acceptors (Lipinski definition) is 2. The van der Waals surface area contributed by atoms with Crippen molar-refractivity contribution in [3.05, 3.63) is 138 Å². The van der Waals surface area contributed by atoms with E-state index in [0.717, 1.165) is 17.9 Å². The van der Waals surface area contributed by atoms with Crippen molar-refractivity contribution in [3.63, 3.8) is 0 Å². The molecule has 0 N–H and O–H groups in total. The number of hydrogen-bond donors (Lipinski definition) is 0. The standard InChI is InChI=1S/C35H28O2/c1-3-25-36-31-19-15-27(16-20-31)33-23-24-35(29-11-7-5-8-12-29,30-13-9-6-10-14-30)34(33)28-17-21-32(22-18-28)37-26-4-2/h1-2,5-23,34H,24-26H2. The highest BCUT2D eigenvalue weighted by Crippen LogP contribution is 2.57. The number of allylic oxidation sites excluding steroid dienone is 2. The summed E-state index contributed by atoms with van der Waals surface area (Å²) in [5.74, 6) is 6.68. The van der Waals surface area contributed by atoms with Gasteiger partial charge in [0.1, 0.15) is 24.7 Å². The highest BCUT2D eigenvalue weighted by Gasteiger charge is 2.47. The van der Waals surface area contributed by atoms with Crippen LogP contribution in [0.4, 0.5) is 0 Å². The predicted octanol–water partition coefficient (Wildman–Crippen LogP) is 7.27. The highest BCUT2D eigenvalue weighted by atomic mass is 16.5. The molecule has 0 aliphatic heterocycles. The second-order valence-corrected chi connectivity index (χ2v) is 9.08. The zero-order valence-corrected chi connectivity index (χ0v) is 20.6. The molecular formula is C35H28O2. The van der Waals surface area contributed by atoms with Gasteiger partial charge in [0.2, 0.25) is 0 Å². The maximum absolute atomic E-state index is 5.67. The van der Waals surface area contributed by atoms with Crippen molar-refractivity contribution in [2.24, 2.45) is 0 Å². The molecule has 0 fully saturated rings. The number of terminal acetylenes is 2. The van der Waals surface area contributed by atoms with Gasteiger partial charge in [-0.15, -0.1) is 12.8 Å². The number of rotatable bonds is 8. The summed E-state index contributed by atoms with van der Waals surface area (Å²) in [6.45, 7) is 0.504. The third kappa shape index (κ3) is 4.75. The predicted molar refractivity (Wildman–Crippen MR) is 151 cm³/mol. The molecule has 2 nitrogen and oxygen atoms in total. The summed E-state index contributed by atoms with van der Waals surface area (Å²) in [6, 6.07) is 38.3. The van der Waals surface area contributed by atoms with E-state index < -0.39 is 0 Å². The van der Waals surface area contributed by atoms with Crippen LogP contribution in [-0.2, 0) is 5.41 Å². The van der Waals surface area contributed by atoms with Crippen molar-refractivity contribution >= 4 is 5.57 Å². The van der Waals surface area contributed by atoms with Gasteiger partial charge in [0.05, 0.1) is 0 Å². The van der Waals surface area contributed by atoms with Crippen molar-refractivity contribution in [2.45, 2.75) is 17.8 Å². The van der Waals surface area contributed by atoms with Gasteiger partial charge in [-0.1, -0.05) is 103 Å². The van der Waals surface area contributed by atoms with E-state index in [2.05, 4.69) is 103 Å². The largest absolute Gasteiger partial charge is 0.481 e. The third-order valence-electron chi connectivity index (χ3n) is 7.07. The molecular weight excluding hydrogens is 452 g/mol. The number of benzene rings is 4. The lowest BCUT2D eigenvalue weighted by atomic mass is 9.63. The molecule has 0 amide bonds. The van der Waals surface area contributed by atoms with Gasteiger partial charge in [-0.3, -0.25) is 0 Å². The van der Waals surface area contributed by atoms with Crippen molar-refractivity contribution < 1.29 is 9.47 Å². The third-order valence-corrected chi connectivity index (χ3v) is 7.07. The Hall–Kier alpha value is -4.66. The molecule has 0 bridgehead atoms. The first kappa shape index (κ1) is 24.1. The summed E-state index contributed by atoms with van der Waals surface area (Å²) in [6.07, 6.45) is 14.0. The molecule has 5 rings (SSSR count). The second kappa shape index (κ2) is 10.9. The van der Waals surface area contributed by atoms with E-state index in [1.807, 2.05) is 24.3 Å². The van der Waals surface area contributed by atoms with Crippen molar-refractivity contribution in [1.29, 1.82) is 0 Å². The Morgan fingerprint density at radius 1 is 0.649 bits per heavy atom. The van der Waals surface area contributed by atoms with E-state index in [0.29, 0.717) is 0 Å². The Balaban J connectivity index is 1.65. The minimum absolute atomic E-state index is 0.0801. The van der Waals surface area contributed by atoms with Crippen LogP contribution in [0.2, 0.25) is 0 Å². The minimum atomic E-state index is -0.266. The van der Waals surface area contributed by atoms with Crippen molar-refractivity contribution in [3.8, 4) is 36.2 Å². The molecule has 1 aliphatic carbocycles. The molecule has 1 aliphatic rings. The van der Waals surface area contributed by atoms with Crippen LogP contribution in [0.1, 0.15) is 34.6 Å². The number of ether oxygens (including phenoxy) is 2. The molecule has 0 spiro atoms. The Labute approximate surface area is 219 Å². The zero-order chi connectivity index (χ0) is 25.5. The van der Waals surface area contributed by atoms with E-state index in [-0.39, 0.29) is 24.5 Å². The molecule has 1 unspecified atom stereocenters. The van der Waals surface area contributed by atoms with Gasteiger partial charge in [-0.25, -0.2) is 0 Å². The molecule has 4 aromatic carbocycles. The van der Waals surface area contributed by atoms with E-state index in [4.69, 9.17) is 22.3 Å². The van der Waals surface area contributed by atoms with Crippen LogP contribution in [0.3, 0.4) is 0 Å². The fourth-order valence-electron chi connectivity index (χ4n) is 5.48. The molecule has 1 atom stereocenters. The second-order valence-electron chi connectivity index (χ2n) is 9.08. The molecule has 0 radical (unpaired) electrons. The van der Waals surface area contributed by atoms with Gasteiger partial charge in [-0.05, 0) is 58.5 Å². The Kier molecular flexibility index (Phi) is 7.12. The first-order valence-electron chi connectivity index (χ1n) is 12.4. The molecule has 37 heavy (non-hydrogen) atoms. The van der Waals surface area contributed by atoms with Gasteiger partial charge in [0, 0.05) is 11.3 Å². The average molecular weight is 481 g/mol. The van der Waals surface area contributed by atoms with Crippen LogP contribution in [0, 0.1) is 24.7 Å². The Morgan fingerprint density at radius 3 is 1.62 bits per heavy atom. The van der Waals surface area contributed by atoms with Gasteiger partial charge in [-0.2, -0.15) is 0 Å². The van der Waals surface area contributed by atoms with Crippen molar-refractivity contribution in [1.82, 2.24) is 0 Å². The molecule has 0 saturated heterocycles. The van der Waals surface area contributed by atoms with E-state index >= 15 is 0 Å². The van der Waals surface area contributed by atoms with Crippen LogP contribution in [0.5, 0.6) is 11.5 Å². The molecule has 0 heterocycles. The van der Waals surface area contributed by atoms with Crippen LogP contribution >= 0.6 is 0 Å². The lowest BCUT2D eigenvalue weighted by Crippen LogP contribution is -2.32. The Bertz CT molecular complexity index is 1400. The minimum Gasteiger partial charge on any atom is -0.481 e. The van der Waals surface area contributed by atoms with Crippen molar-refractivity contribution in [2.75, 3.05) is 13.2 Å². The fourth-order valence-corrected chi connectivity index (χ4v) is 5.48. The lowest BCUT2D eigenvalue weighted by molar-refractivity contribution is 0.370. The van der Waals surface area contributed by atoms with Crippen LogP contribution in [0.25, 0.3) is 5.57 Å². The van der Waals surface area contributed by atoms with Gasteiger partial charge < -0.3 is 9.47 Å². The summed E-state index contributed by atoms with van der Waals surface area (Å²) < 4.78 is 11.3. The van der Waals surface area contributed by atoms with E-state index in [1.54, 1.807) is 0 Å². The molecule has 0 saturated carbocycles. The lowest BCUT2D eigenvalue weighted by Gasteiger charge is -2.39.